The number of hydrazine groups is 1. The average Bonchev–Trinajstić information content (AvgIpc) is 2.27. The number of hydrogen-bond acceptors (Lipinski definition) is 6. The summed E-state index contributed by atoms with van der Waals surface area (Å²) in [6.07, 6.45) is 1.07. The van der Waals surface area contributed by atoms with E-state index in [0.29, 0.717) is 0 Å². The van der Waals surface area contributed by atoms with Gasteiger partial charge in [0.2, 0.25) is 0 Å². The summed E-state index contributed by atoms with van der Waals surface area (Å²) in [5.74, 6) is 4.87. The maximum Gasteiger partial charge on any atom is 0.422 e. The van der Waals surface area contributed by atoms with Gasteiger partial charge in [-0.1, -0.05) is 6.07 Å². The highest BCUT2D eigenvalue weighted by molar-refractivity contribution is 8.76. The van der Waals surface area contributed by atoms with Crippen LogP contribution in [0.2, 0.25) is 0 Å². The normalized spacial score (nSPS) is 11.9. The molecule has 1 aromatic rings. The Kier molecular flexibility index (Phi) is 5.30. The molecule has 0 radical (unpaired) electrons. The zero-order chi connectivity index (χ0) is 11.1. The van der Waals surface area contributed by atoms with Crippen LogP contribution in [-0.4, -0.2) is 16.5 Å². The summed E-state index contributed by atoms with van der Waals surface area (Å²) in [4.78, 5) is 14.8. The molecule has 1 rings (SSSR count). The summed E-state index contributed by atoms with van der Waals surface area (Å²) < 4.78 is 4.86. The van der Waals surface area contributed by atoms with Crippen molar-refractivity contribution in [3.8, 4) is 0 Å². The Morgan fingerprint density at radius 3 is 3.07 bits per heavy atom. The number of amides is 1. The second-order valence-electron chi connectivity index (χ2n) is 2.46. The van der Waals surface area contributed by atoms with Gasteiger partial charge in [0.15, 0.2) is 5.44 Å². The molecule has 0 aromatic carbocycles. The number of carbonyl (C=O) groups is 1. The lowest BCUT2D eigenvalue weighted by atomic mass is 10.5. The number of nitrogens with one attached hydrogen (secondary N) is 1. The van der Waals surface area contributed by atoms with E-state index < -0.39 is 6.09 Å². The van der Waals surface area contributed by atoms with Crippen molar-refractivity contribution in [2.45, 2.75) is 17.4 Å². The second kappa shape index (κ2) is 6.54. The largest absolute Gasteiger partial charge is 0.434 e. The molecule has 3 N–H and O–H groups in total. The lowest BCUT2D eigenvalue weighted by Crippen LogP contribution is -2.32. The number of nitrogens with two attached hydrogens (primary N) is 1. The fourth-order valence-electron chi connectivity index (χ4n) is 0.718. The third-order valence-electron chi connectivity index (χ3n) is 1.30. The first-order chi connectivity index (χ1) is 7.22. The Hall–Kier alpha value is -0.920. The van der Waals surface area contributed by atoms with Crippen molar-refractivity contribution in [3.05, 3.63) is 24.4 Å². The maximum atomic E-state index is 10.7. The van der Waals surface area contributed by atoms with E-state index in [-0.39, 0.29) is 5.44 Å². The molecule has 0 spiro atoms. The molecule has 0 fully saturated rings. The van der Waals surface area contributed by atoms with Gasteiger partial charge in [-0.05, 0) is 40.6 Å². The minimum atomic E-state index is -0.642. The van der Waals surface area contributed by atoms with Crippen LogP contribution < -0.4 is 11.3 Å². The molecule has 0 aliphatic rings. The quantitative estimate of drug-likeness (QED) is 0.277. The SMILES string of the molecule is CC(OC(=O)NN)SSc1ccccn1. The lowest BCUT2D eigenvalue weighted by Gasteiger charge is -2.10. The van der Waals surface area contributed by atoms with Crippen molar-refractivity contribution < 1.29 is 9.53 Å². The maximum absolute atomic E-state index is 10.7. The smallest absolute Gasteiger partial charge is 0.422 e. The topological polar surface area (TPSA) is 77.2 Å². The van der Waals surface area contributed by atoms with E-state index in [1.54, 1.807) is 13.1 Å². The minimum Gasteiger partial charge on any atom is -0.434 e. The van der Waals surface area contributed by atoms with Crippen molar-refractivity contribution in [3.63, 3.8) is 0 Å². The standard InChI is InChI=1S/C8H11N3O2S2/c1-6(13-8(12)11-9)14-15-7-4-2-3-5-10-7/h2-6H,9H2,1H3,(H,11,12). The van der Waals surface area contributed by atoms with Crippen LogP contribution in [0.25, 0.3) is 0 Å². The van der Waals surface area contributed by atoms with E-state index in [2.05, 4.69) is 4.98 Å². The van der Waals surface area contributed by atoms with Crippen LogP contribution in [0.3, 0.4) is 0 Å². The monoisotopic (exact) mass is 245 g/mol. The van der Waals surface area contributed by atoms with Crippen LogP contribution in [0.5, 0.6) is 0 Å². The van der Waals surface area contributed by atoms with Crippen molar-refractivity contribution in [2.24, 2.45) is 5.84 Å². The van der Waals surface area contributed by atoms with Crippen molar-refractivity contribution in [2.75, 3.05) is 0 Å². The zero-order valence-corrected chi connectivity index (χ0v) is 9.68. The first-order valence-electron chi connectivity index (χ1n) is 4.14. The zero-order valence-electron chi connectivity index (χ0n) is 8.04. The van der Waals surface area contributed by atoms with Gasteiger partial charge in [-0.3, -0.25) is 5.43 Å². The van der Waals surface area contributed by atoms with Crippen molar-refractivity contribution in [1.29, 1.82) is 0 Å². The van der Waals surface area contributed by atoms with E-state index in [4.69, 9.17) is 10.6 Å². The molecule has 1 aromatic heterocycles. The van der Waals surface area contributed by atoms with E-state index in [9.17, 15) is 4.79 Å². The van der Waals surface area contributed by atoms with Crippen LogP contribution in [0.1, 0.15) is 6.92 Å². The van der Waals surface area contributed by atoms with Gasteiger partial charge in [-0.25, -0.2) is 15.6 Å². The second-order valence-corrected chi connectivity index (χ2v) is 4.98. The molecule has 15 heavy (non-hydrogen) atoms. The summed E-state index contributed by atoms with van der Waals surface area (Å²) in [7, 11) is 2.83. The number of carbonyl (C=O) groups excluding carboxylic acids is 1. The number of pyridine rings is 1. The summed E-state index contributed by atoms with van der Waals surface area (Å²) in [5, 5.41) is 0.867. The average molecular weight is 245 g/mol. The molecule has 0 saturated heterocycles. The first-order valence-corrected chi connectivity index (χ1v) is 6.35. The number of aromatic nitrogens is 1. The Morgan fingerprint density at radius 1 is 1.67 bits per heavy atom. The van der Waals surface area contributed by atoms with E-state index in [0.717, 1.165) is 5.03 Å². The molecular weight excluding hydrogens is 234 g/mol. The third kappa shape index (κ3) is 4.91. The van der Waals surface area contributed by atoms with Crippen LogP contribution in [0.4, 0.5) is 4.79 Å². The molecule has 1 atom stereocenters. The summed E-state index contributed by atoms with van der Waals surface area (Å²) in [6.45, 7) is 1.76. The summed E-state index contributed by atoms with van der Waals surface area (Å²) >= 11 is 0. The third-order valence-corrected chi connectivity index (χ3v) is 3.79. The van der Waals surface area contributed by atoms with Gasteiger partial charge in [0.25, 0.3) is 0 Å². The molecule has 7 heteroatoms. The molecule has 1 amide bonds. The highest BCUT2D eigenvalue weighted by atomic mass is 33.1. The molecule has 5 nitrogen and oxygen atoms in total. The Bertz CT molecular complexity index is 310. The van der Waals surface area contributed by atoms with Gasteiger partial charge < -0.3 is 4.74 Å². The van der Waals surface area contributed by atoms with Crippen LogP contribution in [0, 0.1) is 0 Å². The highest BCUT2D eigenvalue weighted by Gasteiger charge is 2.09. The van der Waals surface area contributed by atoms with Gasteiger partial charge >= 0.3 is 6.09 Å². The van der Waals surface area contributed by atoms with E-state index in [1.807, 2.05) is 23.6 Å². The molecule has 0 saturated carbocycles. The Morgan fingerprint density at radius 2 is 2.47 bits per heavy atom. The fraction of sp³-hybridized carbons (Fsp3) is 0.250. The van der Waals surface area contributed by atoms with Crippen LogP contribution in [-0.2, 0) is 4.74 Å². The van der Waals surface area contributed by atoms with Crippen LogP contribution >= 0.6 is 21.6 Å². The van der Waals surface area contributed by atoms with Gasteiger partial charge in [0.1, 0.15) is 5.03 Å². The number of rotatable bonds is 4. The van der Waals surface area contributed by atoms with Gasteiger partial charge in [-0.15, -0.1) is 0 Å². The predicted octanol–water partition coefficient (Wildman–Crippen LogP) is 1.77. The Balaban J connectivity index is 2.28. The molecule has 1 unspecified atom stereocenters. The molecule has 0 aliphatic heterocycles. The number of nitrogens with zero attached hydrogens (tertiary/aromatic N) is 1. The Labute approximate surface area is 95.5 Å². The molecular formula is C8H11N3O2S2. The van der Waals surface area contributed by atoms with Gasteiger partial charge in [0, 0.05) is 6.20 Å². The van der Waals surface area contributed by atoms with Gasteiger partial charge in [0.05, 0.1) is 0 Å². The lowest BCUT2D eigenvalue weighted by molar-refractivity contribution is 0.142. The summed E-state index contributed by atoms with van der Waals surface area (Å²) in [5.41, 5.74) is 1.60. The number of hydrogen-bond donors (Lipinski definition) is 2. The van der Waals surface area contributed by atoms with Gasteiger partial charge in [-0.2, -0.15) is 0 Å². The molecule has 1 heterocycles. The van der Waals surface area contributed by atoms with Crippen molar-refractivity contribution in [1.82, 2.24) is 10.4 Å². The highest BCUT2D eigenvalue weighted by Crippen LogP contribution is 2.33. The van der Waals surface area contributed by atoms with Crippen molar-refractivity contribution >= 4 is 27.7 Å². The predicted molar refractivity (Wildman–Crippen MR) is 61.0 cm³/mol. The summed E-state index contributed by atoms with van der Waals surface area (Å²) in [6, 6.07) is 5.62. The molecule has 0 bridgehead atoms. The minimum absolute atomic E-state index is 0.291. The first kappa shape index (κ1) is 12.2. The van der Waals surface area contributed by atoms with Crippen LogP contribution in [0.15, 0.2) is 29.4 Å². The van der Waals surface area contributed by atoms with E-state index in [1.165, 1.54) is 21.6 Å². The van der Waals surface area contributed by atoms with E-state index >= 15 is 0 Å². The fourth-order valence-corrected chi connectivity index (χ4v) is 2.43. The number of ether oxygens (including phenoxy) is 1. The molecule has 82 valence electrons. The molecule has 0 aliphatic carbocycles.